The molecule has 2 unspecified atom stereocenters. The molecule has 5 heteroatoms. The Bertz CT molecular complexity index is 878. The zero-order valence-electron chi connectivity index (χ0n) is 15.4. The number of rotatable bonds is 4. The maximum atomic E-state index is 13.0. The second kappa shape index (κ2) is 7.14. The van der Waals surface area contributed by atoms with Gasteiger partial charge in [-0.2, -0.15) is 0 Å². The molecule has 27 heavy (non-hydrogen) atoms. The third-order valence-corrected chi connectivity index (χ3v) is 5.65. The van der Waals surface area contributed by atoms with Crippen LogP contribution in [0.5, 0.6) is 0 Å². The average Bonchev–Trinajstić information content (AvgIpc) is 3.03. The van der Waals surface area contributed by atoms with Crippen molar-refractivity contribution in [2.24, 2.45) is 0 Å². The van der Waals surface area contributed by atoms with Gasteiger partial charge in [-0.3, -0.25) is 9.59 Å². The number of carbonyl (C=O) groups is 2. The minimum Gasteiger partial charge on any atom is -0.381 e. The van der Waals surface area contributed by atoms with Crippen LogP contribution in [0.2, 0.25) is 0 Å². The SMILES string of the molecule is Cc1ccc2c(c1)C1CN(C(=O)CCC(=O)c3ccc(F)cc3)CCC1N2. The van der Waals surface area contributed by atoms with Crippen LogP contribution < -0.4 is 5.32 Å². The number of carbonyl (C=O) groups excluding carboxylic acids is 2. The average molecular weight is 366 g/mol. The lowest BCUT2D eigenvalue weighted by Gasteiger charge is -2.35. The Morgan fingerprint density at radius 3 is 2.70 bits per heavy atom. The summed E-state index contributed by atoms with van der Waals surface area (Å²) in [5.74, 6) is -0.164. The van der Waals surface area contributed by atoms with E-state index in [9.17, 15) is 14.0 Å². The van der Waals surface area contributed by atoms with Gasteiger partial charge in [-0.05, 0) is 49.2 Å². The summed E-state index contributed by atoms with van der Waals surface area (Å²) in [6.07, 6.45) is 1.26. The Kier molecular flexibility index (Phi) is 4.68. The molecule has 4 nitrogen and oxygen atoms in total. The molecule has 2 heterocycles. The first kappa shape index (κ1) is 17.7. The summed E-state index contributed by atoms with van der Waals surface area (Å²) < 4.78 is 13.0. The molecule has 2 aromatic rings. The van der Waals surface area contributed by atoms with Crippen LogP contribution in [0.3, 0.4) is 0 Å². The van der Waals surface area contributed by atoms with Crippen molar-refractivity contribution in [1.29, 1.82) is 0 Å². The summed E-state index contributed by atoms with van der Waals surface area (Å²) in [4.78, 5) is 26.8. The first-order chi connectivity index (χ1) is 13.0. The van der Waals surface area contributed by atoms with Gasteiger partial charge in [0.1, 0.15) is 5.82 Å². The second-order valence-corrected chi connectivity index (χ2v) is 7.51. The van der Waals surface area contributed by atoms with Crippen LogP contribution in [0.25, 0.3) is 0 Å². The number of hydrogen-bond donors (Lipinski definition) is 1. The van der Waals surface area contributed by atoms with E-state index in [1.54, 1.807) is 0 Å². The summed E-state index contributed by atoms with van der Waals surface area (Å²) in [5, 5.41) is 3.58. The van der Waals surface area contributed by atoms with Crippen molar-refractivity contribution in [3.63, 3.8) is 0 Å². The molecule has 140 valence electrons. The van der Waals surface area contributed by atoms with Gasteiger partial charge in [0.25, 0.3) is 0 Å². The van der Waals surface area contributed by atoms with Crippen LogP contribution in [0.4, 0.5) is 10.1 Å². The summed E-state index contributed by atoms with van der Waals surface area (Å²) in [6, 6.07) is 12.3. The predicted octanol–water partition coefficient (Wildman–Crippen LogP) is 3.91. The third kappa shape index (κ3) is 3.59. The van der Waals surface area contributed by atoms with E-state index in [0.29, 0.717) is 30.6 Å². The number of ketones is 1. The third-order valence-electron chi connectivity index (χ3n) is 5.65. The van der Waals surface area contributed by atoms with Crippen molar-refractivity contribution >= 4 is 17.4 Å². The van der Waals surface area contributed by atoms with Gasteiger partial charge >= 0.3 is 0 Å². The number of piperidine rings is 1. The molecule has 0 spiro atoms. The largest absolute Gasteiger partial charge is 0.381 e. The number of fused-ring (bicyclic) bond motifs is 3. The Morgan fingerprint density at radius 1 is 1.15 bits per heavy atom. The number of hydrogen-bond acceptors (Lipinski definition) is 3. The zero-order chi connectivity index (χ0) is 19.0. The van der Waals surface area contributed by atoms with E-state index in [1.165, 1.54) is 41.1 Å². The molecule has 2 atom stereocenters. The normalized spacial score (nSPS) is 20.6. The number of nitrogens with one attached hydrogen (secondary N) is 1. The lowest BCUT2D eigenvalue weighted by Crippen LogP contribution is -2.45. The van der Waals surface area contributed by atoms with E-state index in [2.05, 4.69) is 30.4 Å². The van der Waals surface area contributed by atoms with Gasteiger partial charge in [0.2, 0.25) is 5.91 Å². The fourth-order valence-electron chi connectivity index (χ4n) is 4.15. The Morgan fingerprint density at radius 2 is 1.93 bits per heavy atom. The van der Waals surface area contributed by atoms with Crippen molar-refractivity contribution in [1.82, 2.24) is 4.90 Å². The summed E-state index contributed by atoms with van der Waals surface area (Å²) >= 11 is 0. The zero-order valence-corrected chi connectivity index (χ0v) is 15.4. The minimum atomic E-state index is -0.369. The highest BCUT2D eigenvalue weighted by Gasteiger charge is 2.37. The fourth-order valence-corrected chi connectivity index (χ4v) is 4.15. The second-order valence-electron chi connectivity index (χ2n) is 7.51. The molecule has 0 bridgehead atoms. The molecule has 4 rings (SSSR count). The fraction of sp³-hybridized carbons (Fsp3) is 0.364. The highest BCUT2D eigenvalue weighted by Crippen LogP contribution is 2.40. The van der Waals surface area contributed by atoms with Crippen molar-refractivity contribution in [3.05, 3.63) is 65.0 Å². The molecular formula is C22H23FN2O2. The van der Waals surface area contributed by atoms with E-state index >= 15 is 0 Å². The molecule has 1 saturated heterocycles. The van der Waals surface area contributed by atoms with Gasteiger partial charge in [-0.15, -0.1) is 0 Å². The molecule has 0 saturated carbocycles. The van der Waals surface area contributed by atoms with Crippen molar-refractivity contribution in [2.75, 3.05) is 18.4 Å². The first-order valence-corrected chi connectivity index (χ1v) is 9.45. The number of aryl methyl sites for hydroxylation is 1. The van der Waals surface area contributed by atoms with Crippen LogP contribution in [0.15, 0.2) is 42.5 Å². The van der Waals surface area contributed by atoms with Crippen molar-refractivity contribution in [2.45, 2.75) is 38.1 Å². The Labute approximate surface area is 158 Å². The number of benzene rings is 2. The lowest BCUT2D eigenvalue weighted by atomic mass is 9.88. The highest BCUT2D eigenvalue weighted by molar-refractivity contribution is 5.97. The monoisotopic (exact) mass is 366 g/mol. The number of anilines is 1. The highest BCUT2D eigenvalue weighted by atomic mass is 19.1. The topological polar surface area (TPSA) is 49.4 Å². The predicted molar refractivity (Wildman–Crippen MR) is 102 cm³/mol. The van der Waals surface area contributed by atoms with Gasteiger partial charge < -0.3 is 10.2 Å². The molecule has 1 N–H and O–H groups in total. The summed E-state index contributed by atoms with van der Waals surface area (Å²) in [6.45, 7) is 3.49. The number of nitrogens with zero attached hydrogens (tertiary/aromatic N) is 1. The molecule has 2 aliphatic heterocycles. The van der Waals surface area contributed by atoms with E-state index in [4.69, 9.17) is 0 Å². The van der Waals surface area contributed by atoms with Crippen LogP contribution in [-0.2, 0) is 4.79 Å². The minimum absolute atomic E-state index is 0.0185. The maximum absolute atomic E-state index is 13.0. The van der Waals surface area contributed by atoms with E-state index in [1.807, 2.05) is 4.90 Å². The smallest absolute Gasteiger partial charge is 0.223 e. The van der Waals surface area contributed by atoms with Crippen molar-refractivity contribution < 1.29 is 14.0 Å². The van der Waals surface area contributed by atoms with Crippen LogP contribution in [0.1, 0.15) is 46.7 Å². The quantitative estimate of drug-likeness (QED) is 0.835. The van der Waals surface area contributed by atoms with E-state index in [0.717, 1.165) is 6.42 Å². The number of amides is 1. The molecule has 2 aromatic carbocycles. The molecule has 0 aliphatic carbocycles. The van der Waals surface area contributed by atoms with Crippen molar-refractivity contribution in [3.8, 4) is 0 Å². The van der Waals surface area contributed by atoms with Gasteiger partial charge in [-0.25, -0.2) is 4.39 Å². The Hall–Kier alpha value is -2.69. The first-order valence-electron chi connectivity index (χ1n) is 9.45. The molecule has 1 fully saturated rings. The van der Waals surface area contributed by atoms with Crippen LogP contribution in [0, 0.1) is 12.7 Å². The van der Waals surface area contributed by atoms with Gasteiger partial charge in [0.15, 0.2) is 5.78 Å². The molecule has 0 aromatic heterocycles. The van der Waals surface area contributed by atoms with Crippen LogP contribution in [-0.4, -0.2) is 35.7 Å². The number of halogens is 1. The molecular weight excluding hydrogens is 343 g/mol. The number of Topliss-reactive ketones (excluding diaryl/α,β-unsaturated/α-hetero) is 1. The number of likely N-dealkylation sites (tertiary alicyclic amines) is 1. The van der Waals surface area contributed by atoms with Gasteiger partial charge in [0, 0.05) is 49.1 Å². The standard InChI is InChI=1S/C22H23FN2O2/c1-14-2-7-19-17(12-14)18-13-25(11-10-20(18)24-19)22(27)9-8-21(26)15-3-5-16(23)6-4-15/h2-7,12,18,20,24H,8-11,13H2,1H3. The molecule has 0 radical (unpaired) electrons. The molecule has 2 aliphatic rings. The molecule has 1 amide bonds. The lowest BCUT2D eigenvalue weighted by molar-refractivity contribution is -0.132. The van der Waals surface area contributed by atoms with E-state index < -0.39 is 0 Å². The Balaban J connectivity index is 1.37. The van der Waals surface area contributed by atoms with E-state index in [-0.39, 0.29) is 30.3 Å². The van der Waals surface area contributed by atoms with Gasteiger partial charge in [-0.1, -0.05) is 17.7 Å². The van der Waals surface area contributed by atoms with Crippen LogP contribution >= 0.6 is 0 Å². The van der Waals surface area contributed by atoms with Gasteiger partial charge in [0.05, 0.1) is 0 Å². The summed E-state index contributed by atoms with van der Waals surface area (Å²) in [5.41, 5.74) is 4.15. The maximum Gasteiger partial charge on any atom is 0.223 e. The summed E-state index contributed by atoms with van der Waals surface area (Å²) in [7, 11) is 0.